The zero-order chi connectivity index (χ0) is 14.8. The first-order chi connectivity index (χ1) is 9.35. The molecule has 112 valence electrons. The summed E-state index contributed by atoms with van der Waals surface area (Å²) in [6.07, 6.45) is -0.493. The highest BCUT2D eigenvalue weighted by molar-refractivity contribution is 5.84. The van der Waals surface area contributed by atoms with E-state index in [0.717, 1.165) is 4.90 Å². The first-order valence-corrected chi connectivity index (χ1v) is 6.44. The third-order valence-electron chi connectivity index (χ3n) is 3.17. The first kappa shape index (κ1) is 14.8. The van der Waals surface area contributed by atoms with Crippen LogP contribution in [0.4, 0.5) is 13.2 Å². The maximum absolute atomic E-state index is 12.3. The standard InChI is InChI=1S/C12H17F3N4O/c1-9(7-19-5-2-4-16-19)17-10-3-6-18(11(10)20)8-12(13,14)15/h2,4-5,9-10,17H,3,6-8H2,1H3/t9-,10+/m0/s1. The lowest BCUT2D eigenvalue weighted by Crippen LogP contribution is -2.45. The third kappa shape index (κ3) is 3.96. The molecule has 8 heteroatoms. The maximum Gasteiger partial charge on any atom is 0.406 e. The minimum atomic E-state index is -4.34. The van der Waals surface area contributed by atoms with Gasteiger partial charge in [0.05, 0.1) is 12.6 Å². The Morgan fingerprint density at radius 1 is 1.55 bits per heavy atom. The predicted octanol–water partition coefficient (Wildman–Crippen LogP) is 1.02. The van der Waals surface area contributed by atoms with Gasteiger partial charge < -0.3 is 10.2 Å². The molecule has 0 bridgehead atoms. The first-order valence-electron chi connectivity index (χ1n) is 6.44. The monoisotopic (exact) mass is 290 g/mol. The van der Waals surface area contributed by atoms with E-state index >= 15 is 0 Å². The van der Waals surface area contributed by atoms with E-state index in [4.69, 9.17) is 0 Å². The highest BCUT2D eigenvalue weighted by Gasteiger charge is 2.39. The van der Waals surface area contributed by atoms with Crippen LogP contribution in [0, 0.1) is 0 Å². The molecular formula is C12H17F3N4O. The summed E-state index contributed by atoms with van der Waals surface area (Å²) >= 11 is 0. The fourth-order valence-corrected chi connectivity index (χ4v) is 2.35. The van der Waals surface area contributed by atoms with Crippen molar-refractivity contribution in [2.45, 2.75) is 38.1 Å². The predicted molar refractivity (Wildman–Crippen MR) is 65.9 cm³/mol. The van der Waals surface area contributed by atoms with Crippen LogP contribution in [0.2, 0.25) is 0 Å². The number of nitrogens with one attached hydrogen (secondary N) is 1. The van der Waals surface area contributed by atoms with Crippen LogP contribution in [0.5, 0.6) is 0 Å². The van der Waals surface area contributed by atoms with Crippen molar-refractivity contribution in [1.82, 2.24) is 20.0 Å². The average molecular weight is 290 g/mol. The summed E-state index contributed by atoms with van der Waals surface area (Å²) in [5.41, 5.74) is 0. The number of alkyl halides is 3. The largest absolute Gasteiger partial charge is 0.406 e. The number of likely N-dealkylation sites (tertiary alicyclic amines) is 1. The lowest BCUT2D eigenvalue weighted by atomic mass is 10.2. The number of halogens is 3. The molecule has 1 fully saturated rings. The number of carbonyl (C=O) groups excluding carboxylic acids is 1. The van der Waals surface area contributed by atoms with Crippen molar-refractivity contribution in [2.24, 2.45) is 0 Å². The van der Waals surface area contributed by atoms with Crippen molar-refractivity contribution in [1.29, 1.82) is 0 Å². The zero-order valence-corrected chi connectivity index (χ0v) is 11.1. The molecule has 1 aliphatic heterocycles. The van der Waals surface area contributed by atoms with E-state index in [-0.39, 0.29) is 12.6 Å². The highest BCUT2D eigenvalue weighted by Crippen LogP contribution is 2.21. The van der Waals surface area contributed by atoms with Crippen molar-refractivity contribution in [2.75, 3.05) is 13.1 Å². The van der Waals surface area contributed by atoms with Gasteiger partial charge in [-0.1, -0.05) is 0 Å². The second kappa shape index (κ2) is 5.82. The van der Waals surface area contributed by atoms with Crippen LogP contribution < -0.4 is 5.32 Å². The molecule has 1 aromatic heterocycles. The molecule has 5 nitrogen and oxygen atoms in total. The molecule has 1 saturated heterocycles. The second-order valence-electron chi connectivity index (χ2n) is 5.01. The minimum absolute atomic E-state index is 0.0466. The molecule has 2 rings (SSSR count). The molecule has 2 atom stereocenters. The van der Waals surface area contributed by atoms with Crippen LogP contribution in [-0.2, 0) is 11.3 Å². The number of aromatic nitrogens is 2. The number of hydrogen-bond donors (Lipinski definition) is 1. The number of nitrogens with zero attached hydrogens (tertiary/aromatic N) is 3. The molecule has 0 saturated carbocycles. The molecule has 0 unspecified atom stereocenters. The summed E-state index contributed by atoms with van der Waals surface area (Å²) in [5.74, 6) is -0.477. The summed E-state index contributed by atoms with van der Waals surface area (Å²) in [4.78, 5) is 12.7. The topological polar surface area (TPSA) is 50.2 Å². The molecule has 1 N–H and O–H groups in total. The molecule has 1 aliphatic rings. The molecule has 1 aromatic rings. The number of rotatable bonds is 5. The quantitative estimate of drug-likeness (QED) is 0.881. The van der Waals surface area contributed by atoms with Gasteiger partial charge in [0.1, 0.15) is 6.54 Å². The molecule has 0 aliphatic carbocycles. The Hall–Kier alpha value is -1.57. The molecular weight excluding hydrogens is 273 g/mol. The maximum atomic E-state index is 12.3. The van der Waals surface area contributed by atoms with Crippen molar-refractivity contribution >= 4 is 5.91 Å². The average Bonchev–Trinajstić information content (AvgIpc) is 2.92. The Morgan fingerprint density at radius 3 is 2.90 bits per heavy atom. The van der Waals surface area contributed by atoms with Gasteiger partial charge in [-0.15, -0.1) is 0 Å². The molecule has 0 aromatic carbocycles. The van der Waals surface area contributed by atoms with E-state index in [1.54, 1.807) is 23.1 Å². The minimum Gasteiger partial charge on any atom is -0.332 e. The van der Waals surface area contributed by atoms with Crippen LogP contribution in [0.1, 0.15) is 13.3 Å². The van der Waals surface area contributed by atoms with E-state index in [9.17, 15) is 18.0 Å². The van der Waals surface area contributed by atoms with Gasteiger partial charge in [-0.2, -0.15) is 18.3 Å². The van der Waals surface area contributed by atoms with Crippen LogP contribution in [0.3, 0.4) is 0 Å². The number of amides is 1. The lowest BCUT2D eigenvalue weighted by molar-refractivity contribution is -0.158. The molecule has 20 heavy (non-hydrogen) atoms. The molecule has 1 amide bonds. The Kier molecular flexibility index (Phi) is 4.32. The molecule has 0 spiro atoms. The van der Waals surface area contributed by atoms with Crippen molar-refractivity contribution in [3.63, 3.8) is 0 Å². The van der Waals surface area contributed by atoms with Crippen LogP contribution >= 0.6 is 0 Å². The van der Waals surface area contributed by atoms with E-state index in [0.29, 0.717) is 13.0 Å². The fraction of sp³-hybridized carbons (Fsp3) is 0.667. The second-order valence-corrected chi connectivity index (χ2v) is 5.01. The van der Waals surface area contributed by atoms with Gasteiger partial charge in [-0.05, 0) is 19.4 Å². The zero-order valence-electron chi connectivity index (χ0n) is 11.1. The normalized spacial score (nSPS) is 21.5. The van der Waals surface area contributed by atoms with Crippen LogP contribution in [0.25, 0.3) is 0 Å². The van der Waals surface area contributed by atoms with Crippen molar-refractivity contribution < 1.29 is 18.0 Å². The summed E-state index contributed by atoms with van der Waals surface area (Å²) < 4.78 is 38.6. The van der Waals surface area contributed by atoms with E-state index < -0.39 is 24.7 Å². The van der Waals surface area contributed by atoms with Gasteiger partial charge in [0.15, 0.2) is 0 Å². The van der Waals surface area contributed by atoms with E-state index in [2.05, 4.69) is 10.4 Å². The third-order valence-corrected chi connectivity index (χ3v) is 3.17. The van der Waals surface area contributed by atoms with Gasteiger partial charge >= 0.3 is 6.18 Å². The Morgan fingerprint density at radius 2 is 2.30 bits per heavy atom. The smallest absolute Gasteiger partial charge is 0.332 e. The Labute approximate surface area is 114 Å². The Balaban J connectivity index is 1.83. The van der Waals surface area contributed by atoms with Gasteiger partial charge in [0.25, 0.3) is 0 Å². The van der Waals surface area contributed by atoms with Gasteiger partial charge in [0, 0.05) is 25.0 Å². The summed E-state index contributed by atoms with van der Waals surface area (Å²) in [6.45, 7) is 1.42. The molecule has 0 radical (unpaired) electrons. The van der Waals surface area contributed by atoms with E-state index in [1.165, 1.54) is 0 Å². The van der Waals surface area contributed by atoms with Crippen LogP contribution in [0.15, 0.2) is 18.5 Å². The summed E-state index contributed by atoms with van der Waals surface area (Å²) in [5, 5.41) is 7.11. The summed E-state index contributed by atoms with van der Waals surface area (Å²) in [6, 6.07) is 1.20. The number of hydrogen-bond acceptors (Lipinski definition) is 3. The van der Waals surface area contributed by atoms with Gasteiger partial charge in [0.2, 0.25) is 5.91 Å². The number of carbonyl (C=O) groups is 1. The highest BCUT2D eigenvalue weighted by atomic mass is 19.4. The fourth-order valence-electron chi connectivity index (χ4n) is 2.35. The van der Waals surface area contributed by atoms with Gasteiger partial charge in [-0.3, -0.25) is 9.48 Å². The SMILES string of the molecule is C[C@@H](Cn1cccn1)N[C@@H]1CCN(CC(F)(F)F)C1=O. The van der Waals surface area contributed by atoms with Gasteiger partial charge in [-0.25, -0.2) is 0 Å². The molecule has 2 heterocycles. The van der Waals surface area contributed by atoms with Crippen molar-refractivity contribution in [3.05, 3.63) is 18.5 Å². The van der Waals surface area contributed by atoms with E-state index in [1.807, 2.05) is 6.92 Å². The van der Waals surface area contributed by atoms with Crippen LogP contribution in [-0.4, -0.2) is 51.9 Å². The van der Waals surface area contributed by atoms with Crippen molar-refractivity contribution in [3.8, 4) is 0 Å². The summed E-state index contributed by atoms with van der Waals surface area (Å²) in [7, 11) is 0. The lowest BCUT2D eigenvalue weighted by Gasteiger charge is -2.21. The Bertz CT molecular complexity index is 446.